The second kappa shape index (κ2) is 9.97. The van der Waals surface area contributed by atoms with E-state index in [1.54, 1.807) is 0 Å². The highest BCUT2D eigenvalue weighted by Crippen LogP contribution is 2.31. The lowest BCUT2D eigenvalue weighted by Gasteiger charge is -2.20. The molecule has 2 aromatic rings. The van der Waals surface area contributed by atoms with E-state index < -0.39 is 0 Å². The third kappa shape index (κ3) is 5.73. The summed E-state index contributed by atoms with van der Waals surface area (Å²) in [5.41, 5.74) is 8.39. The lowest BCUT2D eigenvalue weighted by atomic mass is 9.89. The molecule has 1 aliphatic rings. The highest BCUT2D eigenvalue weighted by atomic mass is 16.6. The number of para-hydroxylation sites is 1. The molecule has 1 fully saturated rings. The van der Waals surface area contributed by atoms with Crippen LogP contribution in [0.2, 0.25) is 0 Å². The van der Waals surface area contributed by atoms with Gasteiger partial charge in [0.1, 0.15) is 0 Å². The summed E-state index contributed by atoms with van der Waals surface area (Å²) in [4.78, 5) is 12.4. The Morgan fingerprint density at radius 2 is 1.81 bits per heavy atom. The van der Waals surface area contributed by atoms with Crippen molar-refractivity contribution in [1.29, 1.82) is 0 Å². The van der Waals surface area contributed by atoms with Crippen LogP contribution in [-0.2, 0) is 11.3 Å². The lowest BCUT2D eigenvalue weighted by molar-refractivity contribution is -0.140. The van der Waals surface area contributed by atoms with Gasteiger partial charge in [0.05, 0.1) is 12.5 Å². The Kier molecular flexibility index (Phi) is 7.11. The molecular weight excluding hydrogens is 340 g/mol. The molecule has 5 heteroatoms. The van der Waals surface area contributed by atoms with Crippen LogP contribution in [0.5, 0.6) is 11.5 Å². The van der Waals surface area contributed by atoms with Crippen LogP contribution in [0, 0.1) is 5.92 Å². The molecule has 0 amide bonds. The van der Waals surface area contributed by atoms with Crippen LogP contribution in [0.1, 0.15) is 44.6 Å². The molecular formula is C22H28N2O3. The highest BCUT2D eigenvalue weighted by molar-refractivity contribution is 5.76. The summed E-state index contributed by atoms with van der Waals surface area (Å²) in [6, 6.07) is 15.6. The minimum Gasteiger partial charge on any atom is -0.490 e. The number of hydrogen-bond acceptors (Lipinski definition) is 5. The first kappa shape index (κ1) is 19.2. The average molecular weight is 368 g/mol. The standard InChI is InChI=1S/C22H28N2O3/c1-2-26-21-15-17(16-23-24-19-11-7-4-8-12-19)13-14-20(21)27-22(25)18-9-5-3-6-10-18/h4,7-8,11-15,18,23-24H,2-3,5-6,9-10,16H2,1H3. The Morgan fingerprint density at radius 1 is 1.04 bits per heavy atom. The maximum absolute atomic E-state index is 12.4. The molecule has 1 saturated carbocycles. The Bertz CT molecular complexity index is 728. The van der Waals surface area contributed by atoms with Gasteiger partial charge in [0.15, 0.2) is 11.5 Å². The minimum absolute atomic E-state index is 0.0182. The monoisotopic (exact) mass is 368 g/mol. The Balaban J connectivity index is 1.60. The molecule has 0 aromatic heterocycles. The Hall–Kier alpha value is -2.53. The molecule has 3 rings (SSSR count). The zero-order chi connectivity index (χ0) is 18.9. The molecule has 0 spiro atoms. The lowest BCUT2D eigenvalue weighted by Crippen LogP contribution is -2.23. The molecule has 0 heterocycles. The summed E-state index contributed by atoms with van der Waals surface area (Å²) in [6.45, 7) is 3.06. The minimum atomic E-state index is -0.132. The van der Waals surface area contributed by atoms with Crippen molar-refractivity contribution in [3.63, 3.8) is 0 Å². The number of ether oxygens (including phenoxy) is 2. The molecule has 0 saturated heterocycles. The quantitative estimate of drug-likeness (QED) is 0.402. The summed E-state index contributed by atoms with van der Waals surface area (Å²) in [5, 5.41) is 0. The van der Waals surface area contributed by atoms with Gasteiger partial charge in [0.25, 0.3) is 0 Å². The van der Waals surface area contributed by atoms with E-state index in [0.29, 0.717) is 24.7 Å². The molecule has 0 bridgehead atoms. The number of hydrazine groups is 1. The number of hydrogen-bond donors (Lipinski definition) is 2. The first-order valence-corrected chi connectivity index (χ1v) is 9.77. The normalized spacial score (nSPS) is 14.6. The summed E-state index contributed by atoms with van der Waals surface area (Å²) in [6.07, 6.45) is 5.28. The maximum atomic E-state index is 12.4. The number of anilines is 1. The van der Waals surface area contributed by atoms with E-state index in [1.807, 2.05) is 55.5 Å². The molecule has 0 aliphatic heterocycles. The van der Waals surface area contributed by atoms with Crippen LogP contribution in [-0.4, -0.2) is 12.6 Å². The van der Waals surface area contributed by atoms with Gasteiger partial charge in [-0.1, -0.05) is 43.5 Å². The highest BCUT2D eigenvalue weighted by Gasteiger charge is 2.24. The van der Waals surface area contributed by atoms with Crippen molar-refractivity contribution in [2.24, 2.45) is 5.92 Å². The Labute approximate surface area is 161 Å². The molecule has 1 aliphatic carbocycles. The van der Waals surface area contributed by atoms with Crippen LogP contribution in [0.4, 0.5) is 5.69 Å². The average Bonchev–Trinajstić information content (AvgIpc) is 2.71. The molecule has 0 unspecified atom stereocenters. The van der Waals surface area contributed by atoms with Gasteiger partial charge < -0.3 is 14.9 Å². The molecule has 27 heavy (non-hydrogen) atoms. The third-order valence-electron chi connectivity index (χ3n) is 4.76. The second-order valence-electron chi connectivity index (χ2n) is 6.81. The van der Waals surface area contributed by atoms with Crippen LogP contribution in [0.15, 0.2) is 48.5 Å². The van der Waals surface area contributed by atoms with Gasteiger partial charge in [-0.3, -0.25) is 4.79 Å². The number of nitrogens with one attached hydrogen (secondary N) is 2. The molecule has 2 aromatic carbocycles. The summed E-state index contributed by atoms with van der Waals surface area (Å²) >= 11 is 0. The van der Waals surface area contributed by atoms with Gasteiger partial charge in [-0.05, 0) is 49.6 Å². The third-order valence-corrected chi connectivity index (χ3v) is 4.76. The van der Waals surface area contributed by atoms with Gasteiger partial charge in [-0.25, -0.2) is 5.43 Å². The summed E-state index contributed by atoms with van der Waals surface area (Å²) in [7, 11) is 0. The summed E-state index contributed by atoms with van der Waals surface area (Å²) in [5.74, 6) is 1.00. The first-order valence-electron chi connectivity index (χ1n) is 9.77. The van der Waals surface area contributed by atoms with Crippen LogP contribution in [0.3, 0.4) is 0 Å². The number of benzene rings is 2. The van der Waals surface area contributed by atoms with Gasteiger partial charge in [-0.15, -0.1) is 0 Å². The van der Waals surface area contributed by atoms with Crippen LogP contribution < -0.4 is 20.3 Å². The van der Waals surface area contributed by atoms with Gasteiger partial charge in [0.2, 0.25) is 0 Å². The van der Waals surface area contributed by atoms with Gasteiger partial charge in [0, 0.05) is 12.2 Å². The van der Waals surface area contributed by atoms with E-state index in [1.165, 1.54) is 6.42 Å². The predicted molar refractivity (Wildman–Crippen MR) is 107 cm³/mol. The fraction of sp³-hybridized carbons (Fsp3) is 0.409. The molecule has 144 valence electrons. The van der Waals surface area contributed by atoms with E-state index in [4.69, 9.17) is 9.47 Å². The smallest absolute Gasteiger partial charge is 0.314 e. The number of carbonyl (C=O) groups excluding carboxylic acids is 1. The van der Waals surface area contributed by atoms with E-state index in [-0.39, 0.29) is 11.9 Å². The molecule has 0 radical (unpaired) electrons. The molecule has 2 N–H and O–H groups in total. The van der Waals surface area contributed by atoms with E-state index in [9.17, 15) is 4.79 Å². The zero-order valence-electron chi connectivity index (χ0n) is 15.9. The molecule has 0 atom stereocenters. The van der Waals surface area contributed by atoms with E-state index in [2.05, 4.69) is 10.9 Å². The Morgan fingerprint density at radius 3 is 2.56 bits per heavy atom. The van der Waals surface area contributed by atoms with Crippen molar-refractivity contribution in [2.45, 2.75) is 45.6 Å². The zero-order valence-corrected chi connectivity index (χ0v) is 15.9. The maximum Gasteiger partial charge on any atom is 0.314 e. The SMILES string of the molecule is CCOc1cc(CNNc2ccccc2)ccc1OC(=O)C1CCCCC1. The van der Waals surface area contributed by atoms with Crippen molar-refractivity contribution in [3.8, 4) is 11.5 Å². The topological polar surface area (TPSA) is 59.6 Å². The van der Waals surface area contributed by atoms with Crippen molar-refractivity contribution in [3.05, 3.63) is 54.1 Å². The van der Waals surface area contributed by atoms with E-state index >= 15 is 0 Å². The molecule has 5 nitrogen and oxygen atoms in total. The van der Waals surface area contributed by atoms with Crippen LogP contribution in [0.25, 0.3) is 0 Å². The number of rotatable bonds is 8. The van der Waals surface area contributed by atoms with Crippen LogP contribution >= 0.6 is 0 Å². The van der Waals surface area contributed by atoms with Crippen molar-refractivity contribution in [2.75, 3.05) is 12.0 Å². The van der Waals surface area contributed by atoms with Gasteiger partial charge in [-0.2, -0.15) is 0 Å². The number of carbonyl (C=O) groups is 1. The van der Waals surface area contributed by atoms with Crippen molar-refractivity contribution in [1.82, 2.24) is 5.43 Å². The van der Waals surface area contributed by atoms with Crippen molar-refractivity contribution < 1.29 is 14.3 Å². The number of esters is 1. The fourth-order valence-corrected chi connectivity index (χ4v) is 3.31. The van der Waals surface area contributed by atoms with Crippen molar-refractivity contribution >= 4 is 11.7 Å². The summed E-state index contributed by atoms with van der Waals surface area (Å²) < 4.78 is 11.4. The fourth-order valence-electron chi connectivity index (χ4n) is 3.31. The predicted octanol–water partition coefficient (Wildman–Crippen LogP) is 4.69. The first-order chi connectivity index (χ1) is 13.3. The second-order valence-corrected chi connectivity index (χ2v) is 6.81. The van der Waals surface area contributed by atoms with Gasteiger partial charge >= 0.3 is 5.97 Å². The largest absolute Gasteiger partial charge is 0.490 e. The van der Waals surface area contributed by atoms with E-state index in [0.717, 1.165) is 36.9 Å².